The van der Waals surface area contributed by atoms with Crippen molar-refractivity contribution in [3.63, 3.8) is 0 Å². The van der Waals surface area contributed by atoms with Crippen LogP contribution in [-0.4, -0.2) is 19.4 Å². The molecule has 3 rings (SSSR count). The SMILES string of the molecule is Cn1ncc2c1c1cn[n-]c(=O)c1n2C.[Re]. The molecule has 83 valence electrons. The third kappa shape index (κ3) is 1.19. The summed E-state index contributed by atoms with van der Waals surface area (Å²) in [6.07, 6.45) is 3.33. The van der Waals surface area contributed by atoms with Gasteiger partial charge in [0.1, 0.15) is 5.56 Å². The Labute approximate surface area is 104 Å². The van der Waals surface area contributed by atoms with E-state index in [0.29, 0.717) is 5.52 Å². The fraction of sp³-hybridized carbons (Fsp3) is 0.222. The van der Waals surface area contributed by atoms with Crippen LogP contribution in [0.15, 0.2) is 17.2 Å². The molecule has 1 radical (unpaired) electrons. The zero-order valence-corrected chi connectivity index (χ0v) is 11.4. The van der Waals surface area contributed by atoms with Crippen molar-refractivity contribution in [3.05, 3.63) is 22.7 Å². The monoisotopic (exact) mass is 389 g/mol. The van der Waals surface area contributed by atoms with Gasteiger partial charge >= 0.3 is 0 Å². The van der Waals surface area contributed by atoms with Gasteiger partial charge in [0.2, 0.25) is 0 Å². The average molecular weight is 388 g/mol. The second kappa shape index (κ2) is 3.54. The van der Waals surface area contributed by atoms with E-state index in [4.69, 9.17) is 0 Å². The van der Waals surface area contributed by atoms with Crippen molar-refractivity contribution in [3.8, 4) is 0 Å². The Morgan fingerprint density at radius 2 is 2.00 bits per heavy atom. The first-order chi connectivity index (χ1) is 7.20. The molecule has 0 spiro atoms. The minimum atomic E-state index is -0.300. The maximum atomic E-state index is 11.6. The number of aryl methyl sites for hydroxylation is 2. The van der Waals surface area contributed by atoms with Crippen LogP contribution in [0.5, 0.6) is 0 Å². The molecule has 0 aliphatic heterocycles. The maximum Gasteiger partial charge on any atom is 0.116 e. The quantitative estimate of drug-likeness (QED) is 0.534. The van der Waals surface area contributed by atoms with Crippen LogP contribution >= 0.6 is 0 Å². The van der Waals surface area contributed by atoms with Gasteiger partial charge in [-0.05, 0) is 0 Å². The molecule has 0 aromatic carbocycles. The van der Waals surface area contributed by atoms with Gasteiger partial charge in [0.05, 0.1) is 22.7 Å². The molecule has 0 aliphatic carbocycles. The van der Waals surface area contributed by atoms with E-state index in [-0.39, 0.29) is 26.0 Å². The number of rotatable bonds is 0. The standard InChI is InChI=1S/C9H9N5O.Re/c1-13-6-4-11-14(2)7(6)5-3-10-12-9(15)8(5)13;/h3-4H,1-2H3,(H,12,15);/p-1. The summed E-state index contributed by atoms with van der Waals surface area (Å²) in [5.74, 6) is 0. The first kappa shape index (κ1) is 11.1. The number of aromatic nitrogens is 5. The van der Waals surface area contributed by atoms with Crippen LogP contribution < -0.4 is 10.7 Å². The molecule has 7 heteroatoms. The first-order valence-corrected chi connectivity index (χ1v) is 4.49. The van der Waals surface area contributed by atoms with Crippen molar-refractivity contribution in [1.82, 2.24) is 24.5 Å². The Balaban J connectivity index is 0.000000963. The average Bonchev–Trinajstić information content (AvgIpc) is 2.70. The fourth-order valence-corrected chi connectivity index (χ4v) is 1.96. The van der Waals surface area contributed by atoms with Gasteiger partial charge in [-0.25, -0.2) is 0 Å². The molecular formula is C9H8N5ORe-. The van der Waals surface area contributed by atoms with Gasteiger partial charge in [-0.2, -0.15) is 5.10 Å². The van der Waals surface area contributed by atoms with Gasteiger partial charge in [-0.3, -0.25) is 4.68 Å². The van der Waals surface area contributed by atoms with E-state index in [0.717, 1.165) is 16.4 Å². The summed E-state index contributed by atoms with van der Waals surface area (Å²) in [6, 6.07) is 0. The number of hydrogen-bond acceptors (Lipinski definition) is 3. The summed E-state index contributed by atoms with van der Waals surface area (Å²) in [5, 5.41) is 12.1. The second-order valence-corrected chi connectivity index (χ2v) is 3.47. The van der Waals surface area contributed by atoms with E-state index in [1.807, 2.05) is 14.1 Å². The fourth-order valence-electron chi connectivity index (χ4n) is 1.96. The van der Waals surface area contributed by atoms with E-state index in [1.165, 1.54) is 0 Å². The van der Waals surface area contributed by atoms with Crippen LogP contribution in [0, 0.1) is 0 Å². The number of nitrogens with zero attached hydrogens (tertiary/aromatic N) is 5. The normalized spacial score (nSPS) is 10.9. The predicted octanol–water partition coefficient (Wildman–Crippen LogP) is -0.225. The Morgan fingerprint density at radius 3 is 2.75 bits per heavy atom. The van der Waals surface area contributed by atoms with Gasteiger partial charge < -0.3 is 19.6 Å². The zero-order chi connectivity index (χ0) is 10.6. The van der Waals surface area contributed by atoms with E-state index in [9.17, 15) is 4.79 Å². The molecule has 3 aromatic heterocycles. The maximum absolute atomic E-state index is 11.6. The second-order valence-electron chi connectivity index (χ2n) is 3.47. The van der Waals surface area contributed by atoms with Crippen molar-refractivity contribution in [2.75, 3.05) is 0 Å². The minimum Gasteiger partial charge on any atom is -0.539 e. The number of hydrogen-bond donors (Lipinski definition) is 0. The van der Waals surface area contributed by atoms with Crippen LogP contribution in [0.1, 0.15) is 0 Å². The van der Waals surface area contributed by atoms with Crippen molar-refractivity contribution < 1.29 is 20.4 Å². The predicted molar refractivity (Wildman–Crippen MR) is 54.6 cm³/mol. The van der Waals surface area contributed by atoms with Gasteiger partial charge in [0.25, 0.3) is 0 Å². The van der Waals surface area contributed by atoms with Crippen LogP contribution in [0.2, 0.25) is 0 Å². The van der Waals surface area contributed by atoms with Crippen molar-refractivity contribution in [2.45, 2.75) is 0 Å². The van der Waals surface area contributed by atoms with Crippen LogP contribution in [-0.2, 0) is 34.5 Å². The van der Waals surface area contributed by atoms with Crippen LogP contribution in [0.25, 0.3) is 21.9 Å². The molecule has 0 saturated carbocycles. The van der Waals surface area contributed by atoms with E-state index in [2.05, 4.69) is 15.3 Å². The molecule has 16 heavy (non-hydrogen) atoms. The van der Waals surface area contributed by atoms with Crippen molar-refractivity contribution in [1.29, 1.82) is 0 Å². The van der Waals surface area contributed by atoms with Gasteiger partial charge in [0, 0.05) is 46.1 Å². The Morgan fingerprint density at radius 1 is 1.25 bits per heavy atom. The summed E-state index contributed by atoms with van der Waals surface area (Å²) in [5.41, 5.74) is 2.11. The third-order valence-electron chi connectivity index (χ3n) is 2.66. The van der Waals surface area contributed by atoms with Crippen molar-refractivity contribution >= 4 is 21.9 Å². The Hall–Kier alpha value is -1.45. The molecule has 0 atom stereocenters. The zero-order valence-electron chi connectivity index (χ0n) is 8.68. The molecule has 0 saturated heterocycles. The molecule has 0 aliphatic rings. The summed E-state index contributed by atoms with van der Waals surface area (Å²) >= 11 is 0. The van der Waals surface area contributed by atoms with E-state index < -0.39 is 0 Å². The third-order valence-corrected chi connectivity index (χ3v) is 2.66. The summed E-state index contributed by atoms with van der Waals surface area (Å²) in [6.45, 7) is 0. The Kier molecular flexibility index (Phi) is 2.45. The molecule has 6 nitrogen and oxygen atoms in total. The summed E-state index contributed by atoms with van der Waals surface area (Å²) < 4.78 is 3.54. The molecule has 0 unspecified atom stereocenters. The molecule has 0 bridgehead atoms. The molecule has 0 fully saturated rings. The molecule has 0 N–H and O–H groups in total. The summed E-state index contributed by atoms with van der Waals surface area (Å²) in [7, 11) is 3.67. The van der Waals surface area contributed by atoms with Crippen molar-refractivity contribution in [2.24, 2.45) is 14.1 Å². The summed E-state index contributed by atoms with van der Waals surface area (Å²) in [4.78, 5) is 11.6. The minimum absolute atomic E-state index is 0. The van der Waals surface area contributed by atoms with E-state index in [1.54, 1.807) is 21.6 Å². The first-order valence-electron chi connectivity index (χ1n) is 4.49. The molecule has 0 amide bonds. The molecule has 3 aromatic rings. The molecular weight excluding hydrogens is 380 g/mol. The van der Waals surface area contributed by atoms with E-state index >= 15 is 0 Å². The van der Waals surface area contributed by atoms with Gasteiger partial charge in [0.15, 0.2) is 0 Å². The topological polar surface area (TPSA) is 66.8 Å². The molecule has 3 heterocycles. The smallest absolute Gasteiger partial charge is 0.116 e. The largest absolute Gasteiger partial charge is 0.539 e. The van der Waals surface area contributed by atoms with Gasteiger partial charge in [-0.15, -0.1) is 0 Å². The van der Waals surface area contributed by atoms with Crippen LogP contribution in [0.4, 0.5) is 0 Å². The van der Waals surface area contributed by atoms with Gasteiger partial charge in [-0.1, -0.05) is 0 Å². The Bertz CT molecular complexity index is 722. The van der Waals surface area contributed by atoms with Crippen LogP contribution in [0.3, 0.4) is 0 Å². The number of fused-ring (bicyclic) bond motifs is 3.